The lowest BCUT2D eigenvalue weighted by molar-refractivity contribution is 0.0929. The number of likely N-dealkylation sites (tertiary alicyclic amines) is 1. The number of carbonyl (C=O) groups is 1. The van der Waals surface area contributed by atoms with E-state index in [9.17, 15) is 4.79 Å². The fourth-order valence-electron chi connectivity index (χ4n) is 3.71. The van der Waals surface area contributed by atoms with E-state index in [2.05, 4.69) is 41.4 Å². The van der Waals surface area contributed by atoms with Gasteiger partial charge in [-0.05, 0) is 68.3 Å². The molecule has 1 saturated heterocycles. The van der Waals surface area contributed by atoms with Gasteiger partial charge in [-0.25, -0.2) is 0 Å². The molecule has 0 aliphatic carbocycles. The first-order valence-electron chi connectivity index (χ1n) is 9.23. The molecule has 4 nitrogen and oxygen atoms in total. The van der Waals surface area contributed by atoms with Crippen LogP contribution in [0.15, 0.2) is 40.8 Å². The highest BCUT2D eigenvalue weighted by Crippen LogP contribution is 2.24. The largest absolute Gasteiger partial charge is 0.455 e. The summed E-state index contributed by atoms with van der Waals surface area (Å²) < 4.78 is 5.67. The summed E-state index contributed by atoms with van der Waals surface area (Å²) in [4.78, 5) is 14.1. The first kappa shape index (κ1) is 17.7. The van der Waals surface area contributed by atoms with Crippen molar-refractivity contribution >= 4 is 5.91 Å². The maximum atomic E-state index is 11.6. The number of amides is 1. The lowest BCUT2D eigenvalue weighted by atomic mass is 9.90. The van der Waals surface area contributed by atoms with Crippen molar-refractivity contribution in [3.63, 3.8) is 0 Å². The maximum Gasteiger partial charge on any atom is 0.286 e. The second kappa shape index (κ2) is 8.34. The molecular formula is C21H28N2O2. The lowest BCUT2D eigenvalue weighted by Crippen LogP contribution is -2.35. The first-order valence-corrected chi connectivity index (χ1v) is 9.23. The van der Waals surface area contributed by atoms with Crippen LogP contribution in [-0.2, 0) is 13.0 Å². The highest BCUT2D eigenvalue weighted by Gasteiger charge is 2.21. The Balaban J connectivity index is 1.52. The van der Waals surface area contributed by atoms with Gasteiger partial charge in [0.1, 0.15) is 5.76 Å². The summed E-state index contributed by atoms with van der Waals surface area (Å²) in [6.07, 6.45) is 4.95. The monoisotopic (exact) mass is 340 g/mol. The van der Waals surface area contributed by atoms with Crippen molar-refractivity contribution in [2.45, 2.75) is 39.2 Å². The van der Waals surface area contributed by atoms with Gasteiger partial charge in [-0.2, -0.15) is 0 Å². The topological polar surface area (TPSA) is 45.5 Å². The average molecular weight is 340 g/mol. The molecule has 3 rings (SSSR count). The normalized spacial score (nSPS) is 18.2. The van der Waals surface area contributed by atoms with Crippen molar-refractivity contribution < 1.29 is 9.21 Å². The number of nitrogens with one attached hydrogen (secondary N) is 1. The zero-order chi connectivity index (χ0) is 17.6. The Morgan fingerprint density at radius 3 is 2.92 bits per heavy atom. The predicted molar refractivity (Wildman–Crippen MR) is 99.6 cm³/mol. The van der Waals surface area contributed by atoms with Crippen LogP contribution in [0.2, 0.25) is 0 Å². The van der Waals surface area contributed by atoms with E-state index in [0.717, 1.165) is 37.7 Å². The van der Waals surface area contributed by atoms with Crippen molar-refractivity contribution in [3.05, 3.63) is 59.0 Å². The zero-order valence-corrected chi connectivity index (χ0v) is 15.3. The molecule has 0 spiro atoms. The molecule has 0 unspecified atom stereocenters. The number of furan rings is 1. The molecular weight excluding hydrogens is 312 g/mol. The number of rotatable bonds is 6. The third kappa shape index (κ3) is 4.73. The average Bonchev–Trinajstić information content (AvgIpc) is 3.09. The lowest BCUT2D eigenvalue weighted by Gasteiger charge is -2.32. The molecule has 1 fully saturated rings. The van der Waals surface area contributed by atoms with Crippen molar-refractivity contribution in [3.8, 4) is 0 Å². The summed E-state index contributed by atoms with van der Waals surface area (Å²) in [5.74, 6) is 1.84. The number of aryl methyl sites for hydroxylation is 2. The minimum Gasteiger partial charge on any atom is -0.455 e. The van der Waals surface area contributed by atoms with Crippen LogP contribution in [0.1, 0.15) is 46.7 Å². The smallest absolute Gasteiger partial charge is 0.286 e. The summed E-state index contributed by atoms with van der Waals surface area (Å²) >= 11 is 0. The van der Waals surface area contributed by atoms with Gasteiger partial charge in [0.15, 0.2) is 5.76 Å². The van der Waals surface area contributed by atoms with Crippen LogP contribution in [-0.4, -0.2) is 30.9 Å². The molecule has 25 heavy (non-hydrogen) atoms. The Bertz CT molecular complexity index is 707. The van der Waals surface area contributed by atoms with Gasteiger partial charge in [0.2, 0.25) is 0 Å². The molecule has 0 bridgehead atoms. The van der Waals surface area contributed by atoms with E-state index in [0.29, 0.717) is 5.76 Å². The Morgan fingerprint density at radius 2 is 2.12 bits per heavy atom. The molecule has 1 aromatic carbocycles. The Kier molecular flexibility index (Phi) is 5.92. The van der Waals surface area contributed by atoms with Crippen molar-refractivity contribution in [1.82, 2.24) is 10.2 Å². The zero-order valence-electron chi connectivity index (χ0n) is 15.3. The van der Waals surface area contributed by atoms with E-state index in [1.165, 1.54) is 30.4 Å². The van der Waals surface area contributed by atoms with Crippen LogP contribution in [0.5, 0.6) is 0 Å². The summed E-state index contributed by atoms with van der Waals surface area (Å²) in [6, 6.07) is 12.4. The third-order valence-electron chi connectivity index (χ3n) is 5.18. The molecule has 2 heterocycles. The van der Waals surface area contributed by atoms with Gasteiger partial charge < -0.3 is 9.73 Å². The number of nitrogens with zero attached hydrogens (tertiary/aromatic N) is 1. The van der Waals surface area contributed by atoms with Crippen LogP contribution >= 0.6 is 0 Å². The Labute approximate surface area is 150 Å². The fraction of sp³-hybridized carbons (Fsp3) is 0.476. The number of hydrogen-bond donors (Lipinski definition) is 1. The van der Waals surface area contributed by atoms with Gasteiger partial charge in [0.25, 0.3) is 5.91 Å². The van der Waals surface area contributed by atoms with Gasteiger partial charge in [-0.1, -0.05) is 24.3 Å². The highest BCUT2D eigenvalue weighted by atomic mass is 16.4. The van der Waals surface area contributed by atoms with E-state index in [-0.39, 0.29) is 5.91 Å². The number of piperidine rings is 1. The summed E-state index contributed by atoms with van der Waals surface area (Å²) in [5.41, 5.74) is 2.87. The van der Waals surface area contributed by atoms with Crippen LogP contribution < -0.4 is 5.32 Å². The molecule has 0 saturated carbocycles. The van der Waals surface area contributed by atoms with Crippen LogP contribution in [0.3, 0.4) is 0 Å². The van der Waals surface area contributed by atoms with Crippen molar-refractivity contribution in [2.75, 3.05) is 20.1 Å². The molecule has 1 amide bonds. The van der Waals surface area contributed by atoms with Crippen LogP contribution in [0.4, 0.5) is 0 Å². The Hall–Kier alpha value is -2.07. The quantitative estimate of drug-likeness (QED) is 0.870. The molecule has 1 aliphatic rings. The first-order chi connectivity index (χ1) is 12.2. The summed E-state index contributed by atoms with van der Waals surface area (Å²) in [5, 5.41) is 2.60. The second-order valence-electron chi connectivity index (χ2n) is 7.05. The summed E-state index contributed by atoms with van der Waals surface area (Å²) in [6.45, 7) is 5.21. The molecule has 1 aliphatic heterocycles. The van der Waals surface area contributed by atoms with E-state index in [4.69, 9.17) is 4.42 Å². The van der Waals surface area contributed by atoms with Gasteiger partial charge in [0, 0.05) is 13.6 Å². The Morgan fingerprint density at radius 1 is 1.28 bits per heavy atom. The predicted octanol–water partition coefficient (Wildman–Crippen LogP) is 3.79. The maximum absolute atomic E-state index is 11.6. The third-order valence-corrected chi connectivity index (χ3v) is 5.18. The van der Waals surface area contributed by atoms with E-state index >= 15 is 0 Å². The molecule has 0 radical (unpaired) electrons. The number of hydrogen-bond acceptors (Lipinski definition) is 3. The standard InChI is InChI=1S/C21H28N2O2/c1-16-6-3-4-8-18(16)10-9-17-7-5-13-23(14-17)15-19-11-12-20(25-19)21(24)22-2/h3-4,6,8,11-12,17H,5,7,9-10,13-15H2,1-2H3,(H,22,24)/t17-/m1/s1. The van der Waals surface area contributed by atoms with Gasteiger partial charge in [0.05, 0.1) is 6.54 Å². The minimum atomic E-state index is -0.166. The molecule has 1 atom stereocenters. The van der Waals surface area contributed by atoms with Crippen molar-refractivity contribution in [1.29, 1.82) is 0 Å². The minimum absolute atomic E-state index is 0.166. The molecule has 2 aromatic rings. The second-order valence-corrected chi connectivity index (χ2v) is 7.05. The number of carbonyl (C=O) groups excluding carboxylic acids is 1. The van der Waals surface area contributed by atoms with Crippen LogP contribution in [0, 0.1) is 12.8 Å². The SMILES string of the molecule is CNC(=O)c1ccc(CN2CCC[C@H](CCc3ccccc3C)C2)o1. The fourth-order valence-corrected chi connectivity index (χ4v) is 3.71. The van der Waals surface area contributed by atoms with Crippen LogP contribution in [0.25, 0.3) is 0 Å². The molecule has 1 aromatic heterocycles. The number of benzene rings is 1. The van der Waals surface area contributed by atoms with E-state index in [1.54, 1.807) is 13.1 Å². The van der Waals surface area contributed by atoms with Gasteiger partial charge >= 0.3 is 0 Å². The van der Waals surface area contributed by atoms with E-state index < -0.39 is 0 Å². The highest BCUT2D eigenvalue weighted by molar-refractivity contribution is 5.91. The van der Waals surface area contributed by atoms with Gasteiger partial charge in [-0.3, -0.25) is 9.69 Å². The molecule has 1 N–H and O–H groups in total. The summed E-state index contributed by atoms with van der Waals surface area (Å²) in [7, 11) is 1.62. The molecule has 134 valence electrons. The van der Waals surface area contributed by atoms with Gasteiger partial charge in [-0.15, -0.1) is 0 Å². The van der Waals surface area contributed by atoms with Crippen molar-refractivity contribution in [2.24, 2.45) is 5.92 Å². The van der Waals surface area contributed by atoms with E-state index in [1.807, 2.05) is 6.07 Å². The molecule has 4 heteroatoms.